The molecular formula is C16H15BClIN2O. The molecule has 0 fully saturated rings. The topological polar surface area (TPSA) is 47.3 Å². The summed E-state index contributed by atoms with van der Waals surface area (Å²) >= 11 is 7.89. The predicted molar refractivity (Wildman–Crippen MR) is 102 cm³/mol. The molecule has 0 atom stereocenters. The Balaban J connectivity index is 2.68. The summed E-state index contributed by atoms with van der Waals surface area (Å²) in [4.78, 5) is 1.87. The van der Waals surface area contributed by atoms with Crippen LogP contribution in [0.25, 0.3) is 10.8 Å². The van der Waals surface area contributed by atoms with Gasteiger partial charge in [0.1, 0.15) is 0 Å². The molecular weight excluding hydrogens is 409 g/mol. The summed E-state index contributed by atoms with van der Waals surface area (Å²) in [5.41, 5.74) is 4.12. The SMILES string of the molecule is CB(O)N(C/C=C/Cl)c1cc(C)c2ccc(C#N)cc2c1I. The Kier molecular flexibility index (Phi) is 5.73. The summed E-state index contributed by atoms with van der Waals surface area (Å²) < 4.78 is 1.01. The third-order valence-electron chi connectivity index (χ3n) is 3.54. The van der Waals surface area contributed by atoms with E-state index in [-0.39, 0.29) is 0 Å². The average Bonchev–Trinajstić information content (AvgIpc) is 2.51. The van der Waals surface area contributed by atoms with E-state index in [1.54, 1.807) is 12.9 Å². The zero-order valence-electron chi connectivity index (χ0n) is 12.3. The molecule has 2 aromatic carbocycles. The highest BCUT2D eigenvalue weighted by atomic mass is 127. The lowest BCUT2D eigenvalue weighted by molar-refractivity contribution is 0.573. The van der Waals surface area contributed by atoms with Gasteiger partial charge in [-0.1, -0.05) is 23.7 Å². The van der Waals surface area contributed by atoms with Crippen molar-refractivity contribution in [1.82, 2.24) is 0 Å². The van der Waals surface area contributed by atoms with Gasteiger partial charge in [-0.25, -0.2) is 0 Å². The van der Waals surface area contributed by atoms with Gasteiger partial charge in [0.15, 0.2) is 0 Å². The minimum absolute atomic E-state index is 0.514. The molecule has 6 heteroatoms. The third-order valence-corrected chi connectivity index (χ3v) is 4.85. The molecule has 0 radical (unpaired) electrons. The van der Waals surface area contributed by atoms with Crippen LogP contribution < -0.4 is 4.81 Å². The summed E-state index contributed by atoms with van der Waals surface area (Å²) in [6.07, 6.45) is 1.79. The van der Waals surface area contributed by atoms with E-state index in [1.165, 1.54) is 5.54 Å². The lowest BCUT2D eigenvalue weighted by Gasteiger charge is -2.27. The fraction of sp³-hybridized carbons (Fsp3) is 0.188. The zero-order valence-corrected chi connectivity index (χ0v) is 15.3. The van der Waals surface area contributed by atoms with Crippen molar-refractivity contribution in [2.24, 2.45) is 0 Å². The Morgan fingerprint density at radius 1 is 1.41 bits per heavy atom. The van der Waals surface area contributed by atoms with Crippen LogP contribution in [-0.4, -0.2) is 18.6 Å². The van der Waals surface area contributed by atoms with Crippen LogP contribution in [0.4, 0.5) is 5.69 Å². The van der Waals surface area contributed by atoms with E-state index in [9.17, 15) is 5.02 Å². The van der Waals surface area contributed by atoms with Crippen LogP contribution in [0.2, 0.25) is 6.82 Å². The smallest absolute Gasteiger partial charge is 0.409 e. The highest BCUT2D eigenvalue weighted by molar-refractivity contribution is 14.1. The van der Waals surface area contributed by atoms with E-state index in [2.05, 4.69) is 34.7 Å². The van der Waals surface area contributed by atoms with E-state index in [0.29, 0.717) is 12.1 Å². The number of benzene rings is 2. The van der Waals surface area contributed by atoms with Gasteiger partial charge >= 0.3 is 7.05 Å². The number of rotatable bonds is 4. The largest absolute Gasteiger partial charge is 0.432 e. The maximum atomic E-state index is 10.1. The van der Waals surface area contributed by atoms with Crippen molar-refractivity contribution in [3.63, 3.8) is 0 Å². The van der Waals surface area contributed by atoms with Gasteiger partial charge in [-0.3, -0.25) is 0 Å². The Labute approximate surface area is 149 Å². The van der Waals surface area contributed by atoms with Gasteiger partial charge in [0.25, 0.3) is 0 Å². The number of nitrogens with zero attached hydrogens (tertiary/aromatic N) is 2. The van der Waals surface area contributed by atoms with Crippen LogP contribution in [0.3, 0.4) is 0 Å². The monoisotopic (exact) mass is 424 g/mol. The molecule has 0 saturated heterocycles. The number of fused-ring (bicyclic) bond motifs is 1. The maximum Gasteiger partial charge on any atom is 0.409 e. The van der Waals surface area contributed by atoms with Crippen LogP contribution >= 0.6 is 34.2 Å². The van der Waals surface area contributed by atoms with Crippen molar-refractivity contribution in [3.8, 4) is 6.07 Å². The van der Waals surface area contributed by atoms with Gasteiger partial charge in [0.05, 0.1) is 11.6 Å². The Morgan fingerprint density at radius 3 is 2.73 bits per heavy atom. The molecule has 0 spiro atoms. The van der Waals surface area contributed by atoms with Crippen molar-refractivity contribution in [2.45, 2.75) is 13.7 Å². The molecule has 2 aromatic rings. The second-order valence-electron chi connectivity index (χ2n) is 5.04. The van der Waals surface area contributed by atoms with Gasteiger partial charge in [-0.15, -0.1) is 0 Å². The van der Waals surface area contributed by atoms with Crippen LogP contribution in [-0.2, 0) is 0 Å². The summed E-state index contributed by atoms with van der Waals surface area (Å²) in [7, 11) is -0.641. The van der Waals surface area contributed by atoms with Crippen molar-refractivity contribution in [1.29, 1.82) is 5.26 Å². The molecule has 0 amide bonds. The average molecular weight is 424 g/mol. The lowest BCUT2D eigenvalue weighted by atomic mass is 9.83. The van der Waals surface area contributed by atoms with Crippen molar-refractivity contribution in [3.05, 3.63) is 50.6 Å². The standard InChI is InChI=1S/C16H15BClIN2O/c1-11-8-15(21(17(2)22)7-3-6-18)16(19)14-9-12(10-20)4-5-13(11)14/h3-6,8-9,22H,7H2,1-2H3/b6-3+. The summed E-state index contributed by atoms with van der Waals surface area (Å²) in [5, 5.41) is 21.3. The molecule has 0 unspecified atom stereocenters. The Morgan fingerprint density at radius 2 is 2.14 bits per heavy atom. The number of nitriles is 1. The van der Waals surface area contributed by atoms with Gasteiger partial charge in [-0.2, -0.15) is 5.26 Å². The van der Waals surface area contributed by atoms with E-state index >= 15 is 0 Å². The van der Waals surface area contributed by atoms with E-state index in [4.69, 9.17) is 16.9 Å². The second kappa shape index (κ2) is 7.36. The Bertz CT molecular complexity index is 771. The number of aryl methyl sites for hydroxylation is 1. The van der Waals surface area contributed by atoms with Gasteiger partial charge in [-0.05, 0) is 70.9 Å². The number of halogens is 2. The highest BCUT2D eigenvalue weighted by Gasteiger charge is 2.20. The first kappa shape index (κ1) is 17.1. The first-order chi connectivity index (χ1) is 10.5. The molecule has 2 rings (SSSR count). The summed E-state index contributed by atoms with van der Waals surface area (Å²) in [6, 6.07) is 9.93. The maximum absolute atomic E-state index is 10.1. The predicted octanol–water partition coefficient (Wildman–Crippen LogP) is 4.29. The first-order valence-electron chi connectivity index (χ1n) is 6.82. The van der Waals surface area contributed by atoms with E-state index in [0.717, 1.165) is 25.6 Å². The molecule has 3 nitrogen and oxygen atoms in total. The van der Waals surface area contributed by atoms with Crippen LogP contribution in [0.1, 0.15) is 11.1 Å². The normalized spacial score (nSPS) is 10.9. The lowest BCUT2D eigenvalue weighted by Crippen LogP contribution is -2.37. The summed E-state index contributed by atoms with van der Waals surface area (Å²) in [6.45, 7) is 4.27. The Hall–Kier alpha value is -1.23. The van der Waals surface area contributed by atoms with Crippen molar-refractivity contribution >= 4 is 57.7 Å². The minimum atomic E-state index is -0.641. The van der Waals surface area contributed by atoms with Gasteiger partial charge in [0.2, 0.25) is 0 Å². The third kappa shape index (κ3) is 3.40. The fourth-order valence-corrected chi connectivity index (χ4v) is 3.43. The molecule has 0 aliphatic heterocycles. The molecule has 0 aromatic heterocycles. The van der Waals surface area contributed by atoms with Crippen LogP contribution in [0.15, 0.2) is 35.9 Å². The molecule has 0 saturated carbocycles. The number of anilines is 1. The second-order valence-corrected chi connectivity index (χ2v) is 6.38. The molecule has 112 valence electrons. The molecule has 22 heavy (non-hydrogen) atoms. The number of hydrogen-bond donors (Lipinski definition) is 1. The van der Waals surface area contributed by atoms with Crippen LogP contribution in [0, 0.1) is 21.8 Å². The van der Waals surface area contributed by atoms with E-state index < -0.39 is 7.05 Å². The molecule has 0 heterocycles. The first-order valence-corrected chi connectivity index (χ1v) is 8.34. The quantitative estimate of drug-likeness (QED) is 0.588. The molecule has 1 N–H and O–H groups in total. The van der Waals surface area contributed by atoms with E-state index in [1.807, 2.05) is 29.9 Å². The van der Waals surface area contributed by atoms with Crippen molar-refractivity contribution in [2.75, 3.05) is 11.4 Å². The highest BCUT2D eigenvalue weighted by Crippen LogP contribution is 2.34. The zero-order chi connectivity index (χ0) is 16.3. The van der Waals surface area contributed by atoms with Gasteiger partial charge in [0, 0.05) is 21.3 Å². The summed E-state index contributed by atoms with van der Waals surface area (Å²) in [5.74, 6) is 0. The fourth-order valence-electron chi connectivity index (χ4n) is 2.44. The van der Waals surface area contributed by atoms with Gasteiger partial charge < -0.3 is 9.83 Å². The molecule has 0 aliphatic rings. The van der Waals surface area contributed by atoms with Crippen molar-refractivity contribution < 1.29 is 5.02 Å². The number of hydrogen-bond acceptors (Lipinski definition) is 3. The molecule has 0 bridgehead atoms. The van der Waals surface area contributed by atoms with Crippen LogP contribution in [0.5, 0.6) is 0 Å². The molecule has 0 aliphatic carbocycles. The minimum Gasteiger partial charge on any atom is -0.432 e.